The minimum absolute atomic E-state index is 0.0272. The second kappa shape index (κ2) is 7.78. The molecule has 0 spiro atoms. The predicted octanol–water partition coefficient (Wildman–Crippen LogP) is 3.39. The van der Waals surface area contributed by atoms with Crippen LogP contribution in [-0.2, 0) is 6.42 Å². The number of aromatic nitrogens is 2. The van der Waals surface area contributed by atoms with E-state index in [1.165, 1.54) is 22.9 Å². The molecule has 0 saturated carbocycles. The Kier molecular flexibility index (Phi) is 5.25. The zero-order valence-electron chi connectivity index (χ0n) is 14.8. The molecular weight excluding hydrogens is 367 g/mol. The number of nitrogens with zero attached hydrogens (tertiary/aromatic N) is 3. The lowest BCUT2D eigenvalue weighted by Crippen LogP contribution is -2.13. The average molecular weight is 384 g/mol. The number of carboxylic acid groups (broad SMARTS) is 1. The number of hydrogen-bond acceptors (Lipinski definition) is 5. The van der Waals surface area contributed by atoms with Gasteiger partial charge in [-0.25, -0.2) is 13.9 Å². The first-order valence-corrected chi connectivity index (χ1v) is 8.32. The molecule has 4 N–H and O–H groups in total. The normalized spacial score (nSPS) is 11.4. The van der Waals surface area contributed by atoms with Gasteiger partial charge in [0.2, 0.25) is 0 Å². The Morgan fingerprint density at radius 1 is 1.25 bits per heavy atom. The van der Waals surface area contributed by atoms with E-state index in [0.29, 0.717) is 23.4 Å². The van der Waals surface area contributed by atoms with Gasteiger partial charge in [-0.1, -0.05) is 24.2 Å². The minimum atomic E-state index is -1.52. The van der Waals surface area contributed by atoms with Crippen LogP contribution in [0.15, 0.2) is 53.7 Å². The maximum atomic E-state index is 14.5. The number of rotatable bonds is 5. The Labute approximate surface area is 159 Å². The minimum Gasteiger partial charge on any atom is -0.449 e. The van der Waals surface area contributed by atoms with E-state index in [4.69, 9.17) is 20.8 Å². The third-order valence-corrected chi connectivity index (χ3v) is 4.08. The molecule has 2 aromatic carbocycles. The highest BCUT2D eigenvalue weighted by Gasteiger charge is 2.25. The van der Waals surface area contributed by atoms with Gasteiger partial charge in [0.15, 0.2) is 11.6 Å². The molecule has 0 fully saturated rings. The van der Waals surface area contributed by atoms with Crippen LogP contribution in [0.1, 0.15) is 18.2 Å². The Balaban J connectivity index is 2.25. The van der Waals surface area contributed by atoms with E-state index in [1.807, 2.05) is 0 Å². The summed E-state index contributed by atoms with van der Waals surface area (Å²) in [5.74, 6) is -0.638. The number of hydrogen-bond donors (Lipinski definition) is 3. The largest absolute Gasteiger partial charge is 0.511 e. The molecule has 8 nitrogen and oxygen atoms in total. The van der Waals surface area contributed by atoms with Crippen molar-refractivity contribution in [2.24, 2.45) is 10.9 Å². The fourth-order valence-electron chi connectivity index (χ4n) is 2.78. The van der Waals surface area contributed by atoms with Crippen molar-refractivity contribution in [1.29, 1.82) is 0 Å². The monoisotopic (exact) mass is 384 g/mol. The zero-order valence-corrected chi connectivity index (χ0v) is 14.8. The molecule has 144 valence electrons. The lowest BCUT2D eigenvalue weighted by atomic mass is 10.1. The highest BCUT2D eigenvalue weighted by atomic mass is 19.1. The molecule has 0 unspecified atom stereocenters. The van der Waals surface area contributed by atoms with Gasteiger partial charge >= 0.3 is 6.16 Å². The van der Waals surface area contributed by atoms with Crippen LogP contribution in [0.3, 0.4) is 0 Å². The van der Waals surface area contributed by atoms with Crippen LogP contribution in [-0.4, -0.2) is 32.1 Å². The highest BCUT2D eigenvalue weighted by molar-refractivity contribution is 5.97. The first-order valence-electron chi connectivity index (χ1n) is 8.32. The fraction of sp³-hybridized carbons (Fsp3) is 0.105. The van der Waals surface area contributed by atoms with Crippen molar-refractivity contribution in [3.05, 3.63) is 65.6 Å². The lowest BCUT2D eigenvalue weighted by Gasteiger charge is -2.10. The number of ether oxygens (including phenoxy) is 1. The summed E-state index contributed by atoms with van der Waals surface area (Å²) in [4.78, 5) is 11.2. The van der Waals surface area contributed by atoms with Crippen molar-refractivity contribution < 1.29 is 24.2 Å². The molecule has 9 heteroatoms. The van der Waals surface area contributed by atoms with Crippen LogP contribution < -0.4 is 10.5 Å². The number of aryl methyl sites for hydroxylation is 1. The second-order valence-corrected chi connectivity index (χ2v) is 5.77. The third kappa shape index (κ3) is 3.50. The zero-order chi connectivity index (χ0) is 20.3. The molecule has 0 aliphatic heterocycles. The van der Waals surface area contributed by atoms with Crippen molar-refractivity contribution in [3.8, 4) is 22.7 Å². The number of oxime groups is 1. The van der Waals surface area contributed by atoms with Gasteiger partial charge in [-0.15, -0.1) is 0 Å². The number of amidine groups is 1. The molecule has 0 saturated heterocycles. The van der Waals surface area contributed by atoms with Gasteiger partial charge in [0, 0.05) is 11.1 Å². The number of carbonyl (C=O) groups is 1. The van der Waals surface area contributed by atoms with Crippen LogP contribution in [0, 0.1) is 5.82 Å². The van der Waals surface area contributed by atoms with E-state index >= 15 is 0 Å². The maximum Gasteiger partial charge on any atom is 0.511 e. The van der Waals surface area contributed by atoms with Gasteiger partial charge in [-0.2, -0.15) is 5.10 Å². The lowest BCUT2D eigenvalue weighted by molar-refractivity contribution is 0.144. The van der Waals surface area contributed by atoms with Gasteiger partial charge in [-0.05, 0) is 42.8 Å². The van der Waals surface area contributed by atoms with Crippen molar-refractivity contribution in [1.82, 2.24) is 9.78 Å². The summed E-state index contributed by atoms with van der Waals surface area (Å²) in [6.45, 7) is 1.79. The van der Waals surface area contributed by atoms with Crippen molar-refractivity contribution in [2.75, 3.05) is 0 Å². The standard InChI is InChI=1S/C19H17FN4O4/c1-2-15-17(28-19(25)26)16(13-5-3-4-6-14(13)20)24(22-15)12-9-7-11(8-10-12)18(21)23-27/h3-10,27H,2H2,1H3,(H2,21,23)(H,25,26). The van der Waals surface area contributed by atoms with Crippen LogP contribution in [0.4, 0.5) is 9.18 Å². The molecule has 0 amide bonds. The Bertz CT molecular complexity index is 1040. The number of benzene rings is 2. The van der Waals surface area contributed by atoms with E-state index in [0.717, 1.165) is 0 Å². The van der Waals surface area contributed by atoms with Crippen LogP contribution in [0.5, 0.6) is 5.75 Å². The Hall–Kier alpha value is -3.88. The SMILES string of the molecule is CCc1nn(-c2ccc(C(N)=NO)cc2)c(-c2ccccc2F)c1OC(=O)O. The quantitative estimate of drug-likeness (QED) is 0.204. The Morgan fingerprint density at radius 3 is 2.50 bits per heavy atom. The summed E-state index contributed by atoms with van der Waals surface area (Å²) in [7, 11) is 0. The maximum absolute atomic E-state index is 14.5. The van der Waals surface area contributed by atoms with E-state index < -0.39 is 12.0 Å². The predicted molar refractivity (Wildman–Crippen MR) is 99.5 cm³/mol. The summed E-state index contributed by atoms with van der Waals surface area (Å²) in [6.07, 6.45) is -1.15. The molecule has 0 radical (unpaired) electrons. The van der Waals surface area contributed by atoms with Gasteiger partial charge in [0.1, 0.15) is 17.2 Å². The topological polar surface area (TPSA) is 123 Å². The molecule has 0 aliphatic carbocycles. The smallest absolute Gasteiger partial charge is 0.449 e. The summed E-state index contributed by atoms with van der Waals surface area (Å²) >= 11 is 0. The molecule has 1 heterocycles. The van der Waals surface area contributed by atoms with Crippen molar-refractivity contribution in [2.45, 2.75) is 13.3 Å². The fourth-order valence-corrected chi connectivity index (χ4v) is 2.78. The van der Waals surface area contributed by atoms with E-state index in [2.05, 4.69) is 10.3 Å². The first-order chi connectivity index (χ1) is 13.5. The average Bonchev–Trinajstić information content (AvgIpc) is 3.05. The van der Waals surface area contributed by atoms with Crippen LogP contribution >= 0.6 is 0 Å². The molecule has 3 rings (SSSR count). The summed E-state index contributed by atoms with van der Waals surface area (Å²) in [5, 5.41) is 25.3. The number of nitrogens with two attached hydrogens (primary N) is 1. The van der Waals surface area contributed by atoms with Gasteiger partial charge in [0.25, 0.3) is 0 Å². The van der Waals surface area contributed by atoms with E-state index in [1.54, 1.807) is 37.3 Å². The molecule has 3 aromatic rings. The van der Waals surface area contributed by atoms with Gasteiger partial charge in [-0.3, -0.25) is 0 Å². The molecule has 1 aromatic heterocycles. The Morgan fingerprint density at radius 2 is 1.93 bits per heavy atom. The molecule has 28 heavy (non-hydrogen) atoms. The van der Waals surface area contributed by atoms with Gasteiger partial charge in [0.05, 0.1) is 5.69 Å². The summed E-state index contributed by atoms with van der Waals surface area (Å²) < 4.78 is 20.9. The van der Waals surface area contributed by atoms with Crippen LogP contribution in [0.2, 0.25) is 0 Å². The first kappa shape index (κ1) is 18.9. The van der Waals surface area contributed by atoms with Crippen molar-refractivity contribution in [3.63, 3.8) is 0 Å². The highest BCUT2D eigenvalue weighted by Crippen LogP contribution is 2.37. The molecule has 0 atom stereocenters. The van der Waals surface area contributed by atoms with Gasteiger partial charge < -0.3 is 20.8 Å². The van der Waals surface area contributed by atoms with Crippen molar-refractivity contribution >= 4 is 12.0 Å². The van der Waals surface area contributed by atoms with E-state index in [9.17, 15) is 9.18 Å². The third-order valence-electron chi connectivity index (χ3n) is 4.08. The second-order valence-electron chi connectivity index (χ2n) is 5.77. The molecular formula is C19H17FN4O4. The molecule has 0 bridgehead atoms. The summed E-state index contributed by atoms with van der Waals surface area (Å²) in [5.41, 5.74) is 7.25. The molecule has 0 aliphatic rings. The van der Waals surface area contributed by atoms with Crippen LogP contribution in [0.25, 0.3) is 16.9 Å². The number of halogens is 1. The van der Waals surface area contributed by atoms with E-state index in [-0.39, 0.29) is 22.8 Å². The summed E-state index contributed by atoms with van der Waals surface area (Å²) in [6, 6.07) is 12.4.